The number of rotatable bonds is 3. The molecule has 0 saturated carbocycles. The van der Waals surface area contributed by atoms with Crippen molar-refractivity contribution in [3.63, 3.8) is 0 Å². The monoisotopic (exact) mass is 252 g/mol. The highest BCUT2D eigenvalue weighted by Gasteiger charge is 2.52. The molecule has 1 aromatic rings. The Balaban J connectivity index is 2.22. The van der Waals surface area contributed by atoms with Crippen molar-refractivity contribution in [2.45, 2.75) is 45.8 Å². The zero-order chi connectivity index (χ0) is 13.6. The largest absolute Gasteiger partial charge is 0.516 e. The van der Waals surface area contributed by atoms with Crippen LogP contribution in [0.3, 0.4) is 0 Å². The predicted molar refractivity (Wildman–Crippen MR) is 70.1 cm³/mol. The van der Waals surface area contributed by atoms with Crippen molar-refractivity contribution in [2.75, 3.05) is 6.61 Å². The first-order chi connectivity index (χ1) is 8.27. The zero-order valence-corrected chi connectivity index (χ0v) is 12.0. The third-order valence-corrected chi connectivity index (χ3v) is 3.62. The van der Waals surface area contributed by atoms with Gasteiger partial charge in [0.15, 0.2) is 0 Å². The Bertz CT molecular complexity index is 427. The van der Waals surface area contributed by atoms with Crippen LogP contribution in [0.15, 0.2) is 6.20 Å². The third kappa shape index (κ3) is 2.15. The molecule has 2 heterocycles. The fourth-order valence-corrected chi connectivity index (χ4v) is 1.81. The van der Waals surface area contributed by atoms with E-state index in [1.54, 1.807) is 0 Å². The molecule has 1 saturated heterocycles. The number of aryl methyl sites for hydroxylation is 1. The van der Waals surface area contributed by atoms with Gasteiger partial charge in [0.1, 0.15) is 0 Å². The Morgan fingerprint density at radius 3 is 2.33 bits per heavy atom. The molecule has 100 valence electrons. The molecule has 0 spiro atoms. The second-order valence-corrected chi connectivity index (χ2v) is 5.58. The molecule has 18 heavy (non-hydrogen) atoms. The van der Waals surface area contributed by atoms with E-state index in [0.717, 1.165) is 5.59 Å². The zero-order valence-electron chi connectivity index (χ0n) is 12.0. The maximum atomic E-state index is 5.94. The van der Waals surface area contributed by atoms with E-state index >= 15 is 0 Å². The van der Waals surface area contributed by atoms with Gasteiger partial charge in [0, 0.05) is 13.2 Å². The number of imidazole rings is 1. The minimum Gasteiger partial charge on any atom is -0.465 e. The lowest BCUT2D eigenvalue weighted by molar-refractivity contribution is 0.00578. The number of ether oxygens (including phenoxy) is 1. The van der Waals surface area contributed by atoms with Gasteiger partial charge in [-0.2, -0.15) is 0 Å². The van der Waals surface area contributed by atoms with Gasteiger partial charge in [-0.15, -0.1) is 0 Å². The van der Waals surface area contributed by atoms with E-state index in [1.165, 1.54) is 0 Å². The van der Waals surface area contributed by atoms with Gasteiger partial charge in [-0.1, -0.05) is 0 Å². The Morgan fingerprint density at radius 1 is 1.28 bits per heavy atom. The molecular formula is C12H21BN2O3. The Hall–Kier alpha value is -1.01. The third-order valence-electron chi connectivity index (χ3n) is 3.62. The molecule has 1 aliphatic heterocycles. The first kappa shape index (κ1) is 13.4. The van der Waals surface area contributed by atoms with E-state index in [1.807, 2.05) is 52.4 Å². The summed E-state index contributed by atoms with van der Waals surface area (Å²) in [6, 6.07) is 0.585. The van der Waals surface area contributed by atoms with Crippen LogP contribution in [-0.4, -0.2) is 34.5 Å². The number of hydrogen-bond acceptors (Lipinski definition) is 4. The van der Waals surface area contributed by atoms with E-state index in [4.69, 9.17) is 14.0 Å². The van der Waals surface area contributed by atoms with Crippen LogP contribution in [0.2, 0.25) is 0 Å². The summed E-state index contributed by atoms with van der Waals surface area (Å²) in [5.41, 5.74) is 0.0571. The van der Waals surface area contributed by atoms with E-state index in [-0.39, 0.29) is 11.2 Å². The summed E-state index contributed by atoms with van der Waals surface area (Å²) >= 11 is 0. The van der Waals surface area contributed by atoms with Gasteiger partial charge in [0.25, 0.3) is 6.01 Å². The standard InChI is InChI=1S/C12H21BN2O3/c1-7-16-10-14-9(8-15(10)6)13-17-11(2,3)12(4,5)18-13/h8H,7H2,1-6H3. The number of aromatic nitrogens is 2. The molecule has 1 aliphatic rings. The molecule has 1 fully saturated rings. The molecule has 0 atom stereocenters. The molecule has 2 rings (SSSR count). The van der Waals surface area contributed by atoms with Crippen LogP contribution in [0.25, 0.3) is 0 Å². The highest BCUT2D eigenvalue weighted by molar-refractivity contribution is 6.61. The fourth-order valence-electron chi connectivity index (χ4n) is 1.81. The first-order valence-electron chi connectivity index (χ1n) is 6.28. The van der Waals surface area contributed by atoms with Crippen LogP contribution in [0.1, 0.15) is 34.6 Å². The van der Waals surface area contributed by atoms with Gasteiger partial charge in [0.2, 0.25) is 0 Å². The maximum Gasteiger partial charge on any atom is 0.516 e. The van der Waals surface area contributed by atoms with Crippen LogP contribution in [-0.2, 0) is 16.4 Å². The van der Waals surface area contributed by atoms with Gasteiger partial charge < -0.3 is 18.6 Å². The van der Waals surface area contributed by atoms with Gasteiger partial charge in [-0.25, -0.2) is 4.98 Å². The van der Waals surface area contributed by atoms with Gasteiger partial charge in [0.05, 0.1) is 23.4 Å². The van der Waals surface area contributed by atoms with E-state index < -0.39 is 7.12 Å². The van der Waals surface area contributed by atoms with Crippen molar-refractivity contribution in [1.29, 1.82) is 0 Å². The second kappa shape index (κ2) is 4.28. The van der Waals surface area contributed by atoms with Crippen LogP contribution >= 0.6 is 0 Å². The minimum atomic E-state index is -0.435. The van der Waals surface area contributed by atoms with Crippen LogP contribution in [0.4, 0.5) is 0 Å². The van der Waals surface area contributed by atoms with Crippen molar-refractivity contribution >= 4 is 12.7 Å². The maximum absolute atomic E-state index is 5.94. The first-order valence-corrected chi connectivity index (χ1v) is 6.28. The van der Waals surface area contributed by atoms with Crippen LogP contribution in [0, 0.1) is 0 Å². The average molecular weight is 252 g/mol. The normalized spacial score (nSPS) is 21.3. The SMILES string of the molecule is CCOc1nc(B2OC(C)(C)C(C)(C)O2)cn1C. The summed E-state index contributed by atoms with van der Waals surface area (Å²) in [6.07, 6.45) is 1.88. The Kier molecular flexibility index (Phi) is 3.19. The molecule has 5 nitrogen and oxygen atoms in total. The Labute approximate surface area is 109 Å². The summed E-state index contributed by atoms with van der Waals surface area (Å²) in [6.45, 7) is 10.6. The smallest absolute Gasteiger partial charge is 0.465 e. The summed E-state index contributed by atoms with van der Waals surface area (Å²) in [5, 5.41) is 0. The average Bonchev–Trinajstić information content (AvgIpc) is 2.68. The van der Waals surface area contributed by atoms with Crippen molar-refractivity contribution in [3.8, 4) is 6.01 Å². The number of hydrogen-bond donors (Lipinski definition) is 0. The molecule has 6 heteroatoms. The minimum absolute atomic E-state index is 0.346. The summed E-state index contributed by atoms with van der Waals surface area (Å²) in [5.74, 6) is 0. The lowest BCUT2D eigenvalue weighted by Crippen LogP contribution is -2.41. The number of nitrogens with zero attached hydrogens (tertiary/aromatic N) is 2. The van der Waals surface area contributed by atoms with Gasteiger partial charge in [-0.3, -0.25) is 0 Å². The van der Waals surface area contributed by atoms with Gasteiger partial charge in [-0.05, 0) is 34.6 Å². The quantitative estimate of drug-likeness (QED) is 0.756. The van der Waals surface area contributed by atoms with Gasteiger partial charge >= 0.3 is 7.12 Å². The molecular weight excluding hydrogens is 231 g/mol. The van der Waals surface area contributed by atoms with Crippen molar-refractivity contribution in [3.05, 3.63) is 6.20 Å². The Morgan fingerprint density at radius 2 is 1.83 bits per heavy atom. The molecule has 1 aromatic heterocycles. The van der Waals surface area contributed by atoms with Crippen LogP contribution < -0.4 is 10.3 Å². The molecule has 0 amide bonds. The van der Waals surface area contributed by atoms with Crippen molar-refractivity contribution in [2.24, 2.45) is 7.05 Å². The van der Waals surface area contributed by atoms with E-state index in [9.17, 15) is 0 Å². The topological polar surface area (TPSA) is 45.5 Å². The fraction of sp³-hybridized carbons (Fsp3) is 0.750. The molecule has 0 bridgehead atoms. The molecule has 0 radical (unpaired) electrons. The van der Waals surface area contributed by atoms with Crippen molar-refractivity contribution < 1.29 is 14.0 Å². The second-order valence-electron chi connectivity index (χ2n) is 5.58. The highest BCUT2D eigenvalue weighted by atomic mass is 16.7. The lowest BCUT2D eigenvalue weighted by atomic mass is 9.86. The van der Waals surface area contributed by atoms with Crippen LogP contribution in [0.5, 0.6) is 6.01 Å². The predicted octanol–water partition coefficient (Wildman–Crippen LogP) is 1.12. The molecule has 0 unspecified atom stereocenters. The van der Waals surface area contributed by atoms with E-state index in [2.05, 4.69) is 4.98 Å². The van der Waals surface area contributed by atoms with E-state index in [0.29, 0.717) is 12.6 Å². The van der Waals surface area contributed by atoms with Crippen molar-refractivity contribution in [1.82, 2.24) is 9.55 Å². The summed E-state index contributed by atoms with van der Waals surface area (Å²) < 4.78 is 19.1. The summed E-state index contributed by atoms with van der Waals surface area (Å²) in [7, 11) is 1.46. The highest BCUT2D eigenvalue weighted by Crippen LogP contribution is 2.36. The molecule has 0 aliphatic carbocycles. The summed E-state index contributed by atoms with van der Waals surface area (Å²) in [4.78, 5) is 4.40. The molecule has 0 aromatic carbocycles. The molecule has 0 N–H and O–H groups in total. The lowest BCUT2D eigenvalue weighted by Gasteiger charge is -2.32.